The molecule has 4 nitrogen and oxygen atoms in total. The molecular formula is C15H19N3OS. The minimum Gasteiger partial charge on any atom is -0.356 e. The van der Waals surface area contributed by atoms with Crippen LogP contribution in [-0.4, -0.2) is 22.4 Å². The molecule has 0 unspecified atom stereocenters. The second-order valence-corrected chi connectivity index (χ2v) is 6.01. The predicted octanol–water partition coefficient (Wildman–Crippen LogP) is 2.91. The SMILES string of the molecule is CC(C)CC(=O)NCCc1nc(-c2cccnc2)cs1. The molecule has 0 aromatic carbocycles. The standard InChI is InChI=1S/C15H19N3OS/c1-11(2)8-14(19)17-7-5-15-18-13(10-20-15)12-4-3-6-16-9-12/h3-4,6,9-11H,5,7-8H2,1-2H3,(H,17,19). The van der Waals surface area contributed by atoms with Gasteiger partial charge < -0.3 is 5.32 Å². The number of amides is 1. The average molecular weight is 289 g/mol. The monoisotopic (exact) mass is 289 g/mol. The Balaban J connectivity index is 1.83. The van der Waals surface area contributed by atoms with E-state index in [1.165, 1.54) is 0 Å². The van der Waals surface area contributed by atoms with Crippen molar-refractivity contribution in [1.82, 2.24) is 15.3 Å². The highest BCUT2D eigenvalue weighted by molar-refractivity contribution is 7.09. The summed E-state index contributed by atoms with van der Waals surface area (Å²) in [6.45, 7) is 4.73. The van der Waals surface area contributed by atoms with Crippen LogP contribution in [0.2, 0.25) is 0 Å². The lowest BCUT2D eigenvalue weighted by atomic mass is 10.1. The number of hydrogen-bond donors (Lipinski definition) is 1. The molecule has 0 aliphatic heterocycles. The highest BCUT2D eigenvalue weighted by Gasteiger charge is 2.06. The van der Waals surface area contributed by atoms with Crippen LogP contribution in [0.4, 0.5) is 0 Å². The third-order valence-electron chi connectivity index (χ3n) is 2.76. The molecule has 106 valence electrons. The summed E-state index contributed by atoms with van der Waals surface area (Å²) >= 11 is 1.62. The second-order valence-electron chi connectivity index (χ2n) is 5.07. The maximum Gasteiger partial charge on any atom is 0.220 e. The Morgan fingerprint density at radius 2 is 2.30 bits per heavy atom. The van der Waals surface area contributed by atoms with Gasteiger partial charge in [0.2, 0.25) is 5.91 Å². The molecule has 2 aromatic rings. The number of rotatable bonds is 6. The summed E-state index contributed by atoms with van der Waals surface area (Å²) < 4.78 is 0. The third kappa shape index (κ3) is 4.42. The number of hydrogen-bond acceptors (Lipinski definition) is 4. The highest BCUT2D eigenvalue weighted by atomic mass is 32.1. The van der Waals surface area contributed by atoms with Gasteiger partial charge in [-0.1, -0.05) is 13.8 Å². The number of carbonyl (C=O) groups excluding carboxylic acids is 1. The summed E-state index contributed by atoms with van der Waals surface area (Å²) in [6, 6.07) is 3.90. The molecule has 0 spiro atoms. The quantitative estimate of drug-likeness (QED) is 0.889. The Morgan fingerprint density at radius 1 is 1.45 bits per heavy atom. The fraction of sp³-hybridized carbons (Fsp3) is 0.400. The van der Waals surface area contributed by atoms with Crippen LogP contribution in [0.15, 0.2) is 29.9 Å². The van der Waals surface area contributed by atoms with Crippen molar-refractivity contribution in [3.63, 3.8) is 0 Å². The van der Waals surface area contributed by atoms with Gasteiger partial charge in [-0.3, -0.25) is 9.78 Å². The van der Waals surface area contributed by atoms with Gasteiger partial charge in [0.25, 0.3) is 0 Å². The zero-order valence-corrected chi connectivity index (χ0v) is 12.6. The summed E-state index contributed by atoms with van der Waals surface area (Å²) in [5.74, 6) is 0.510. The molecule has 0 aliphatic carbocycles. The highest BCUT2D eigenvalue weighted by Crippen LogP contribution is 2.20. The van der Waals surface area contributed by atoms with Crippen molar-refractivity contribution in [2.45, 2.75) is 26.7 Å². The number of nitrogens with one attached hydrogen (secondary N) is 1. The summed E-state index contributed by atoms with van der Waals surface area (Å²) in [5.41, 5.74) is 1.98. The summed E-state index contributed by atoms with van der Waals surface area (Å²) in [7, 11) is 0. The normalized spacial score (nSPS) is 10.8. The molecule has 20 heavy (non-hydrogen) atoms. The summed E-state index contributed by atoms with van der Waals surface area (Å²) in [4.78, 5) is 20.2. The lowest BCUT2D eigenvalue weighted by molar-refractivity contribution is -0.121. The van der Waals surface area contributed by atoms with E-state index in [1.54, 1.807) is 17.5 Å². The van der Waals surface area contributed by atoms with E-state index < -0.39 is 0 Å². The van der Waals surface area contributed by atoms with E-state index in [0.717, 1.165) is 22.7 Å². The maximum atomic E-state index is 11.5. The van der Waals surface area contributed by atoms with Crippen molar-refractivity contribution in [1.29, 1.82) is 0 Å². The number of carbonyl (C=O) groups is 1. The van der Waals surface area contributed by atoms with Gasteiger partial charge in [0.15, 0.2) is 0 Å². The van der Waals surface area contributed by atoms with Crippen molar-refractivity contribution in [2.24, 2.45) is 5.92 Å². The molecule has 0 atom stereocenters. The Morgan fingerprint density at radius 3 is 3.00 bits per heavy atom. The molecule has 2 rings (SSSR count). The first-order chi connectivity index (χ1) is 9.65. The molecule has 0 bridgehead atoms. The van der Waals surface area contributed by atoms with Gasteiger partial charge in [-0.2, -0.15) is 0 Å². The number of aromatic nitrogens is 2. The zero-order chi connectivity index (χ0) is 14.4. The Labute approximate surface area is 123 Å². The van der Waals surface area contributed by atoms with Crippen LogP contribution in [0, 0.1) is 5.92 Å². The first-order valence-electron chi connectivity index (χ1n) is 6.76. The third-order valence-corrected chi connectivity index (χ3v) is 3.67. The molecule has 2 heterocycles. The van der Waals surface area contributed by atoms with Gasteiger partial charge in [0.05, 0.1) is 10.7 Å². The molecule has 1 N–H and O–H groups in total. The average Bonchev–Trinajstić information content (AvgIpc) is 2.88. The number of nitrogens with zero attached hydrogens (tertiary/aromatic N) is 2. The molecule has 0 radical (unpaired) electrons. The van der Waals surface area contributed by atoms with Crippen molar-refractivity contribution in [3.05, 3.63) is 34.9 Å². The van der Waals surface area contributed by atoms with Crippen LogP contribution in [0.1, 0.15) is 25.3 Å². The maximum absolute atomic E-state index is 11.5. The predicted molar refractivity (Wildman–Crippen MR) is 81.5 cm³/mol. The Hall–Kier alpha value is -1.75. The van der Waals surface area contributed by atoms with Crippen LogP contribution in [0.25, 0.3) is 11.3 Å². The Bertz CT molecular complexity index is 551. The summed E-state index contributed by atoms with van der Waals surface area (Å²) in [6.07, 6.45) is 4.91. The van der Waals surface area contributed by atoms with Crippen LogP contribution in [0.5, 0.6) is 0 Å². The van der Waals surface area contributed by atoms with Gasteiger partial charge in [-0.15, -0.1) is 11.3 Å². The van der Waals surface area contributed by atoms with Crippen LogP contribution < -0.4 is 5.32 Å². The van der Waals surface area contributed by atoms with Gasteiger partial charge in [-0.25, -0.2) is 4.98 Å². The van der Waals surface area contributed by atoms with Crippen LogP contribution in [-0.2, 0) is 11.2 Å². The van der Waals surface area contributed by atoms with Gasteiger partial charge in [-0.05, 0) is 18.1 Å². The van der Waals surface area contributed by atoms with Gasteiger partial charge in [0, 0.05) is 42.7 Å². The van der Waals surface area contributed by atoms with Gasteiger partial charge in [0.1, 0.15) is 0 Å². The summed E-state index contributed by atoms with van der Waals surface area (Å²) in [5, 5.41) is 5.99. The van der Waals surface area contributed by atoms with E-state index in [-0.39, 0.29) is 5.91 Å². The molecule has 5 heteroatoms. The fourth-order valence-electron chi connectivity index (χ4n) is 1.82. The minimum atomic E-state index is 0.115. The van der Waals surface area contributed by atoms with Crippen molar-refractivity contribution in [2.75, 3.05) is 6.54 Å². The number of pyridine rings is 1. The first kappa shape index (κ1) is 14.7. The first-order valence-corrected chi connectivity index (χ1v) is 7.64. The van der Waals surface area contributed by atoms with Crippen LogP contribution >= 0.6 is 11.3 Å². The van der Waals surface area contributed by atoms with Crippen molar-refractivity contribution in [3.8, 4) is 11.3 Å². The minimum absolute atomic E-state index is 0.115. The molecule has 1 amide bonds. The topological polar surface area (TPSA) is 54.9 Å². The van der Waals surface area contributed by atoms with Crippen LogP contribution in [0.3, 0.4) is 0 Å². The van der Waals surface area contributed by atoms with Crippen molar-refractivity contribution < 1.29 is 4.79 Å². The van der Waals surface area contributed by atoms with Crippen molar-refractivity contribution >= 4 is 17.2 Å². The van der Waals surface area contributed by atoms with E-state index in [4.69, 9.17) is 0 Å². The second kappa shape index (κ2) is 7.14. The van der Waals surface area contributed by atoms with E-state index in [1.807, 2.05) is 37.6 Å². The largest absolute Gasteiger partial charge is 0.356 e. The molecule has 0 saturated carbocycles. The number of thiazole rings is 1. The molecule has 0 aliphatic rings. The van der Waals surface area contributed by atoms with E-state index in [0.29, 0.717) is 18.9 Å². The fourth-order valence-corrected chi connectivity index (χ4v) is 2.63. The van der Waals surface area contributed by atoms with E-state index in [9.17, 15) is 4.79 Å². The van der Waals surface area contributed by atoms with E-state index in [2.05, 4.69) is 15.3 Å². The lowest BCUT2D eigenvalue weighted by Crippen LogP contribution is -2.26. The molecule has 0 fully saturated rings. The molecular weight excluding hydrogens is 270 g/mol. The molecule has 0 saturated heterocycles. The van der Waals surface area contributed by atoms with E-state index >= 15 is 0 Å². The Kier molecular flexibility index (Phi) is 5.24. The zero-order valence-electron chi connectivity index (χ0n) is 11.8. The van der Waals surface area contributed by atoms with Gasteiger partial charge >= 0.3 is 0 Å². The lowest BCUT2D eigenvalue weighted by Gasteiger charge is -2.05. The molecule has 2 aromatic heterocycles. The smallest absolute Gasteiger partial charge is 0.220 e.